The minimum absolute atomic E-state index is 0.0901. The molecule has 1 aromatic heterocycles. The van der Waals surface area contributed by atoms with E-state index in [9.17, 15) is 14.0 Å². The molecule has 202 valence electrons. The molecule has 10 nitrogen and oxygen atoms in total. The van der Waals surface area contributed by atoms with Crippen LogP contribution in [0.25, 0.3) is 5.69 Å². The van der Waals surface area contributed by atoms with Gasteiger partial charge in [0.1, 0.15) is 17.2 Å². The highest BCUT2D eigenvalue weighted by molar-refractivity contribution is 5.93. The Kier molecular flexibility index (Phi) is 7.86. The number of fused-ring (bicyclic) bond motifs is 1. The molecule has 4 rings (SSSR count). The third-order valence-electron chi connectivity index (χ3n) is 6.46. The van der Waals surface area contributed by atoms with Gasteiger partial charge in [0.25, 0.3) is 0 Å². The van der Waals surface area contributed by atoms with Gasteiger partial charge in [0.15, 0.2) is 0 Å². The summed E-state index contributed by atoms with van der Waals surface area (Å²) in [5.41, 5.74) is 2.13. The van der Waals surface area contributed by atoms with E-state index in [1.54, 1.807) is 21.7 Å². The van der Waals surface area contributed by atoms with E-state index in [1.165, 1.54) is 20.3 Å². The predicted octanol–water partition coefficient (Wildman–Crippen LogP) is 3.85. The van der Waals surface area contributed by atoms with Gasteiger partial charge in [-0.25, -0.2) is 13.9 Å². The molecule has 0 spiro atoms. The lowest BCUT2D eigenvalue weighted by atomic mass is 10.00. The van der Waals surface area contributed by atoms with Crippen LogP contribution < -0.4 is 10.6 Å². The number of rotatable bonds is 8. The number of nitrogens with one attached hydrogen (secondary N) is 2. The van der Waals surface area contributed by atoms with Crippen LogP contribution in [0.1, 0.15) is 69.3 Å². The molecule has 2 amide bonds. The SMILES string of the molecule is COC(NCC(=O)Nc1c2c(nn1-c1ccc(F)c(C3CC3)c1)CCN(C(=O)OC(C)(C)C)[C@H]2C)OC. The van der Waals surface area contributed by atoms with Crippen LogP contribution in [-0.4, -0.2) is 66.0 Å². The van der Waals surface area contributed by atoms with Gasteiger partial charge in [0.05, 0.1) is 24.0 Å². The van der Waals surface area contributed by atoms with Crippen LogP contribution in [0.15, 0.2) is 18.2 Å². The second-order valence-electron chi connectivity index (χ2n) is 10.4. The van der Waals surface area contributed by atoms with Crippen molar-refractivity contribution in [2.45, 2.75) is 70.9 Å². The lowest BCUT2D eigenvalue weighted by Crippen LogP contribution is -2.42. The van der Waals surface area contributed by atoms with Gasteiger partial charge in [-0.3, -0.25) is 10.1 Å². The van der Waals surface area contributed by atoms with E-state index in [-0.39, 0.29) is 24.2 Å². The second-order valence-corrected chi connectivity index (χ2v) is 10.4. The predicted molar refractivity (Wildman–Crippen MR) is 135 cm³/mol. The molecule has 11 heteroatoms. The molecule has 0 unspecified atom stereocenters. The maximum absolute atomic E-state index is 14.5. The summed E-state index contributed by atoms with van der Waals surface area (Å²) in [6.45, 7) is 7.68. The van der Waals surface area contributed by atoms with Crippen LogP contribution in [0.5, 0.6) is 0 Å². The third kappa shape index (κ3) is 6.11. The first-order valence-corrected chi connectivity index (χ1v) is 12.5. The van der Waals surface area contributed by atoms with Crippen molar-refractivity contribution in [1.29, 1.82) is 0 Å². The molecular weight excluding hydrogens is 481 g/mol. The standard InChI is InChI=1S/C26H36FN5O5/c1-15-22-20(11-12-31(15)25(34)37-26(2,3)4)30-32(17-9-10-19(27)18(13-17)16-7-8-16)23(22)29-21(33)14-28-24(35-5)36-6/h9-10,13,15-16,24,28H,7-8,11-12,14H2,1-6H3,(H,29,33)/t15-/m0/s1. The number of benzene rings is 1. The number of anilines is 1. The van der Waals surface area contributed by atoms with Gasteiger partial charge in [0, 0.05) is 32.7 Å². The molecule has 1 saturated carbocycles. The van der Waals surface area contributed by atoms with Crippen molar-refractivity contribution < 1.29 is 28.2 Å². The molecule has 2 aromatic rings. The monoisotopic (exact) mass is 517 g/mol. The van der Waals surface area contributed by atoms with Crippen molar-refractivity contribution in [1.82, 2.24) is 20.0 Å². The van der Waals surface area contributed by atoms with Crippen LogP contribution >= 0.6 is 0 Å². The highest BCUT2D eigenvalue weighted by atomic mass is 19.1. The Morgan fingerprint density at radius 3 is 2.54 bits per heavy atom. The van der Waals surface area contributed by atoms with Crippen LogP contribution in [0.3, 0.4) is 0 Å². The Balaban J connectivity index is 1.70. The van der Waals surface area contributed by atoms with Gasteiger partial charge in [0.2, 0.25) is 12.3 Å². The number of nitrogens with zero attached hydrogens (tertiary/aromatic N) is 3. The Morgan fingerprint density at radius 1 is 1.22 bits per heavy atom. The zero-order valence-corrected chi connectivity index (χ0v) is 22.3. The number of ether oxygens (including phenoxy) is 3. The summed E-state index contributed by atoms with van der Waals surface area (Å²) >= 11 is 0. The highest BCUT2D eigenvalue weighted by Gasteiger charge is 2.36. The average Bonchev–Trinajstić information content (AvgIpc) is 3.61. The molecule has 2 aliphatic rings. The van der Waals surface area contributed by atoms with Gasteiger partial charge in [-0.1, -0.05) is 0 Å². The summed E-state index contributed by atoms with van der Waals surface area (Å²) < 4.78 is 31.9. The van der Waals surface area contributed by atoms with Gasteiger partial charge in [-0.15, -0.1) is 0 Å². The van der Waals surface area contributed by atoms with Crippen LogP contribution in [-0.2, 0) is 25.4 Å². The van der Waals surface area contributed by atoms with E-state index < -0.39 is 24.2 Å². The summed E-state index contributed by atoms with van der Waals surface area (Å²) in [6.07, 6.45) is 1.21. The molecular formula is C26H36FN5O5. The Labute approximate surface area is 216 Å². The van der Waals surface area contributed by atoms with E-state index in [1.807, 2.05) is 27.7 Å². The quantitative estimate of drug-likeness (QED) is 0.512. The minimum Gasteiger partial charge on any atom is -0.444 e. The first-order valence-electron chi connectivity index (χ1n) is 12.5. The molecule has 37 heavy (non-hydrogen) atoms. The lowest BCUT2D eigenvalue weighted by molar-refractivity contribution is -0.131. The summed E-state index contributed by atoms with van der Waals surface area (Å²) in [6, 6.07) is 4.47. The van der Waals surface area contributed by atoms with Crippen molar-refractivity contribution >= 4 is 17.8 Å². The zero-order valence-electron chi connectivity index (χ0n) is 22.3. The number of hydrogen-bond acceptors (Lipinski definition) is 7. The minimum atomic E-state index is -0.746. The first-order chi connectivity index (χ1) is 17.5. The maximum atomic E-state index is 14.5. The number of amides is 2. The average molecular weight is 518 g/mol. The van der Waals surface area contributed by atoms with Crippen LogP contribution in [0.2, 0.25) is 0 Å². The number of methoxy groups -OCH3 is 2. The molecule has 1 aliphatic heterocycles. The fourth-order valence-corrected chi connectivity index (χ4v) is 4.54. The van der Waals surface area contributed by atoms with Crippen molar-refractivity contribution in [2.75, 3.05) is 32.6 Å². The van der Waals surface area contributed by atoms with Crippen LogP contribution in [0, 0.1) is 5.82 Å². The molecule has 2 N–H and O–H groups in total. The Morgan fingerprint density at radius 2 is 1.92 bits per heavy atom. The van der Waals surface area contributed by atoms with Gasteiger partial charge in [-0.05, 0) is 70.2 Å². The molecule has 1 fully saturated rings. The largest absolute Gasteiger partial charge is 0.444 e. The number of aromatic nitrogens is 2. The van der Waals surface area contributed by atoms with Crippen molar-refractivity contribution in [3.63, 3.8) is 0 Å². The molecule has 1 aromatic carbocycles. The van der Waals surface area contributed by atoms with Gasteiger partial charge < -0.3 is 24.4 Å². The summed E-state index contributed by atoms with van der Waals surface area (Å²) in [5.74, 6) is 0.0399. The Hall–Kier alpha value is -3.02. The van der Waals surface area contributed by atoms with E-state index in [0.717, 1.165) is 24.1 Å². The zero-order chi connectivity index (χ0) is 26.9. The van der Waals surface area contributed by atoms with Gasteiger partial charge in [-0.2, -0.15) is 5.10 Å². The van der Waals surface area contributed by atoms with Crippen LogP contribution in [0.4, 0.5) is 15.0 Å². The number of halogens is 1. The second kappa shape index (κ2) is 10.8. The number of carbonyl (C=O) groups is 2. The maximum Gasteiger partial charge on any atom is 0.410 e. The number of carbonyl (C=O) groups excluding carboxylic acids is 2. The van der Waals surface area contributed by atoms with Crippen molar-refractivity contribution in [3.05, 3.63) is 40.8 Å². The van der Waals surface area contributed by atoms with E-state index in [2.05, 4.69) is 10.6 Å². The summed E-state index contributed by atoms with van der Waals surface area (Å²) in [5, 5.41) is 10.6. The lowest BCUT2D eigenvalue weighted by Gasteiger charge is -2.34. The fraction of sp³-hybridized carbons (Fsp3) is 0.577. The van der Waals surface area contributed by atoms with Crippen molar-refractivity contribution in [2.24, 2.45) is 0 Å². The molecule has 1 atom stereocenters. The highest BCUT2D eigenvalue weighted by Crippen LogP contribution is 2.43. The topological polar surface area (TPSA) is 107 Å². The van der Waals surface area contributed by atoms with E-state index >= 15 is 0 Å². The van der Waals surface area contributed by atoms with Crippen molar-refractivity contribution in [3.8, 4) is 5.69 Å². The molecule has 0 saturated heterocycles. The first kappa shape index (κ1) is 27.0. The normalized spacial score (nSPS) is 17.6. The van der Waals surface area contributed by atoms with E-state index in [0.29, 0.717) is 30.0 Å². The molecule has 1 aliphatic carbocycles. The number of hydrogen-bond donors (Lipinski definition) is 2. The summed E-state index contributed by atoms with van der Waals surface area (Å²) in [4.78, 5) is 27.6. The third-order valence-corrected chi connectivity index (χ3v) is 6.46. The Bertz CT molecular complexity index is 1150. The molecule has 0 bridgehead atoms. The molecule has 2 heterocycles. The summed E-state index contributed by atoms with van der Waals surface area (Å²) in [7, 11) is 2.92. The van der Waals surface area contributed by atoms with Gasteiger partial charge >= 0.3 is 6.09 Å². The van der Waals surface area contributed by atoms with E-state index in [4.69, 9.17) is 19.3 Å². The smallest absolute Gasteiger partial charge is 0.410 e. The fourth-order valence-electron chi connectivity index (χ4n) is 4.54. The molecule has 0 radical (unpaired) electrons.